The first-order valence-corrected chi connectivity index (χ1v) is 10.7. The molecular formula is C24H33F3O2. The first-order chi connectivity index (χ1) is 13.7. The summed E-state index contributed by atoms with van der Waals surface area (Å²) >= 11 is 0. The van der Waals surface area contributed by atoms with Gasteiger partial charge in [-0.15, -0.1) is 6.58 Å². The summed E-state index contributed by atoms with van der Waals surface area (Å²) in [6, 6.07) is 1.69. The molecule has 1 aromatic carbocycles. The van der Waals surface area contributed by atoms with E-state index in [9.17, 15) is 18.0 Å². The molecule has 1 fully saturated rings. The van der Waals surface area contributed by atoms with E-state index in [4.69, 9.17) is 4.74 Å². The largest absolute Gasteiger partial charge is 0.423 e. The highest BCUT2D eigenvalue weighted by atomic mass is 19.2. The van der Waals surface area contributed by atoms with Gasteiger partial charge in [0, 0.05) is 0 Å². The van der Waals surface area contributed by atoms with Gasteiger partial charge in [0.25, 0.3) is 0 Å². The Morgan fingerprint density at radius 2 is 1.90 bits per heavy atom. The van der Waals surface area contributed by atoms with Gasteiger partial charge in [-0.1, -0.05) is 33.3 Å². The molecule has 2 nitrogen and oxygen atoms in total. The molecular weight excluding hydrogens is 377 g/mol. The van der Waals surface area contributed by atoms with E-state index >= 15 is 0 Å². The topological polar surface area (TPSA) is 26.3 Å². The predicted octanol–water partition coefficient (Wildman–Crippen LogP) is 7.22. The van der Waals surface area contributed by atoms with Gasteiger partial charge >= 0.3 is 5.97 Å². The zero-order chi connectivity index (χ0) is 21.6. The lowest BCUT2D eigenvalue weighted by molar-refractivity contribution is -0.139. The minimum Gasteiger partial charge on any atom is -0.423 e. The van der Waals surface area contributed by atoms with E-state index in [2.05, 4.69) is 20.4 Å². The van der Waals surface area contributed by atoms with Crippen LogP contribution in [0, 0.1) is 40.6 Å². The molecule has 5 heteroatoms. The number of ether oxygens (including phenoxy) is 1. The Morgan fingerprint density at radius 1 is 1.24 bits per heavy atom. The van der Waals surface area contributed by atoms with E-state index in [-0.39, 0.29) is 5.41 Å². The Bertz CT molecular complexity index is 708. The molecule has 0 N–H and O–H groups in total. The van der Waals surface area contributed by atoms with Crippen molar-refractivity contribution in [1.82, 2.24) is 0 Å². The monoisotopic (exact) mass is 410 g/mol. The number of rotatable bonds is 9. The summed E-state index contributed by atoms with van der Waals surface area (Å²) < 4.78 is 45.1. The predicted molar refractivity (Wildman–Crippen MR) is 109 cm³/mol. The van der Waals surface area contributed by atoms with Crippen LogP contribution in [0.4, 0.5) is 13.2 Å². The van der Waals surface area contributed by atoms with Crippen molar-refractivity contribution in [2.75, 3.05) is 0 Å². The molecule has 2 rings (SSSR count). The maximum atomic E-state index is 13.7. The van der Waals surface area contributed by atoms with Crippen molar-refractivity contribution in [3.63, 3.8) is 0 Å². The van der Waals surface area contributed by atoms with Gasteiger partial charge in [0.1, 0.15) is 0 Å². The van der Waals surface area contributed by atoms with Crippen LogP contribution in [0.25, 0.3) is 0 Å². The first-order valence-electron chi connectivity index (χ1n) is 10.7. The number of hydrogen-bond acceptors (Lipinski definition) is 2. The van der Waals surface area contributed by atoms with Crippen molar-refractivity contribution in [2.24, 2.45) is 23.2 Å². The Kier molecular flexibility index (Phi) is 8.35. The minimum absolute atomic E-state index is 0.266. The quantitative estimate of drug-likeness (QED) is 0.186. The normalized spacial score (nSPS) is 24.0. The summed E-state index contributed by atoms with van der Waals surface area (Å²) in [6.45, 7) is 10.1. The van der Waals surface area contributed by atoms with Crippen molar-refractivity contribution in [1.29, 1.82) is 0 Å². The van der Waals surface area contributed by atoms with Crippen LogP contribution in [0.2, 0.25) is 0 Å². The molecule has 0 heterocycles. The molecule has 0 aliphatic heterocycles. The second-order valence-electron chi connectivity index (χ2n) is 8.80. The highest BCUT2D eigenvalue weighted by molar-refractivity contribution is 5.74. The number of esters is 1. The molecule has 162 valence electrons. The van der Waals surface area contributed by atoms with Crippen LogP contribution in [0.5, 0.6) is 5.75 Å². The first kappa shape index (κ1) is 23.5. The Hall–Kier alpha value is -1.78. The fraction of sp³-hybridized carbons (Fsp3) is 0.625. The van der Waals surface area contributed by atoms with Crippen molar-refractivity contribution in [3.05, 3.63) is 42.2 Å². The molecule has 2 unspecified atom stereocenters. The van der Waals surface area contributed by atoms with E-state index in [1.54, 1.807) is 6.92 Å². The molecule has 0 radical (unpaired) electrons. The lowest BCUT2D eigenvalue weighted by atomic mass is 9.62. The van der Waals surface area contributed by atoms with Crippen LogP contribution in [0.1, 0.15) is 72.1 Å². The second-order valence-corrected chi connectivity index (χ2v) is 8.80. The summed E-state index contributed by atoms with van der Waals surface area (Å²) in [6.07, 6.45) is 10.4. The lowest BCUT2D eigenvalue weighted by Crippen LogP contribution is -2.33. The molecule has 0 amide bonds. The molecule has 1 aromatic rings. The van der Waals surface area contributed by atoms with Gasteiger partial charge < -0.3 is 4.74 Å². The van der Waals surface area contributed by atoms with Crippen LogP contribution >= 0.6 is 0 Å². The number of benzene rings is 1. The molecule has 0 bridgehead atoms. The molecule has 1 aliphatic rings. The van der Waals surface area contributed by atoms with Gasteiger partial charge in [-0.2, -0.15) is 4.39 Å². The van der Waals surface area contributed by atoms with Crippen LogP contribution in [-0.2, 0) is 4.79 Å². The molecule has 0 saturated heterocycles. The van der Waals surface area contributed by atoms with E-state index in [0.29, 0.717) is 12.3 Å². The third-order valence-electron chi connectivity index (χ3n) is 6.79. The van der Waals surface area contributed by atoms with Crippen LogP contribution in [-0.4, -0.2) is 5.97 Å². The SMILES string of the molecule is C=CCC1CCC(C)(C(CC)CCC(C)C(=O)Oc2ccc(F)c(F)c2F)CC1. The van der Waals surface area contributed by atoms with Crippen molar-refractivity contribution in [2.45, 2.75) is 72.1 Å². The molecule has 1 saturated carbocycles. The maximum absolute atomic E-state index is 13.7. The molecule has 1 aliphatic carbocycles. The van der Waals surface area contributed by atoms with Gasteiger partial charge in [-0.25, -0.2) is 8.78 Å². The number of carbonyl (C=O) groups is 1. The minimum atomic E-state index is -1.63. The van der Waals surface area contributed by atoms with Crippen LogP contribution in [0.15, 0.2) is 24.8 Å². The van der Waals surface area contributed by atoms with Gasteiger partial charge in [-0.05, 0) is 74.3 Å². The summed E-state index contributed by atoms with van der Waals surface area (Å²) in [4.78, 5) is 12.3. The van der Waals surface area contributed by atoms with Gasteiger partial charge in [0.15, 0.2) is 17.4 Å². The van der Waals surface area contributed by atoms with Crippen LogP contribution in [0.3, 0.4) is 0 Å². The van der Waals surface area contributed by atoms with E-state index in [1.165, 1.54) is 25.7 Å². The Morgan fingerprint density at radius 3 is 2.48 bits per heavy atom. The molecule has 0 aromatic heterocycles. The third-order valence-corrected chi connectivity index (χ3v) is 6.79. The number of allylic oxidation sites excluding steroid dienone is 1. The fourth-order valence-electron chi connectivity index (χ4n) is 4.63. The van der Waals surface area contributed by atoms with Crippen LogP contribution < -0.4 is 4.74 Å². The fourth-order valence-corrected chi connectivity index (χ4v) is 4.63. The third kappa shape index (κ3) is 5.86. The van der Waals surface area contributed by atoms with Gasteiger partial charge in [0.05, 0.1) is 5.92 Å². The standard InChI is InChI=1S/C24H33F3O2/c1-5-7-17-12-14-24(4,15-13-17)18(6-2)9-8-16(3)23(28)29-20-11-10-19(25)21(26)22(20)27/h5,10-11,16-18H,1,6-9,12-15H2,2-4H3. The number of halogens is 3. The van der Waals surface area contributed by atoms with Crippen molar-refractivity contribution >= 4 is 5.97 Å². The lowest BCUT2D eigenvalue weighted by Gasteiger charge is -2.43. The summed E-state index contributed by atoms with van der Waals surface area (Å²) in [5, 5.41) is 0. The second kappa shape index (κ2) is 10.3. The number of hydrogen-bond donors (Lipinski definition) is 0. The van der Waals surface area contributed by atoms with E-state index in [0.717, 1.165) is 37.3 Å². The molecule has 29 heavy (non-hydrogen) atoms. The maximum Gasteiger partial charge on any atom is 0.314 e. The van der Waals surface area contributed by atoms with Crippen molar-refractivity contribution in [3.8, 4) is 5.75 Å². The Balaban J connectivity index is 1.91. The average molecular weight is 411 g/mol. The highest BCUT2D eigenvalue weighted by Gasteiger charge is 2.37. The summed E-state index contributed by atoms with van der Waals surface area (Å²) in [5.41, 5.74) is 0.266. The smallest absolute Gasteiger partial charge is 0.314 e. The van der Waals surface area contributed by atoms with Gasteiger partial charge in [-0.3, -0.25) is 4.79 Å². The summed E-state index contributed by atoms with van der Waals surface area (Å²) in [7, 11) is 0. The highest BCUT2D eigenvalue weighted by Crippen LogP contribution is 2.48. The zero-order valence-electron chi connectivity index (χ0n) is 17.8. The average Bonchev–Trinajstić information content (AvgIpc) is 2.70. The molecule has 2 atom stereocenters. The van der Waals surface area contributed by atoms with Gasteiger partial charge in [0.2, 0.25) is 5.82 Å². The van der Waals surface area contributed by atoms with E-state index < -0.39 is 35.1 Å². The Labute approximate surface area is 172 Å². The molecule has 0 spiro atoms. The zero-order valence-corrected chi connectivity index (χ0v) is 17.8. The number of carbonyl (C=O) groups excluding carboxylic acids is 1. The van der Waals surface area contributed by atoms with E-state index in [1.807, 2.05) is 6.08 Å². The van der Waals surface area contributed by atoms with Crippen molar-refractivity contribution < 1.29 is 22.7 Å². The summed E-state index contributed by atoms with van der Waals surface area (Å²) in [5.74, 6) is -4.81.